The molecule has 0 spiro atoms. The second-order valence-corrected chi connectivity index (χ2v) is 8.73. The van der Waals surface area contributed by atoms with Crippen molar-refractivity contribution in [1.29, 1.82) is 0 Å². The second-order valence-electron chi connectivity index (χ2n) is 8.73. The molecular formula is C25H24F4N4O2. The lowest BCUT2D eigenvalue weighted by atomic mass is 9.81. The van der Waals surface area contributed by atoms with Gasteiger partial charge in [-0.15, -0.1) is 0 Å². The fraction of sp³-hybridized carbons (Fsp3) is 0.360. The lowest BCUT2D eigenvalue weighted by molar-refractivity contribution is -0.0385. The number of aromatic nitrogens is 3. The van der Waals surface area contributed by atoms with Crippen molar-refractivity contribution in [2.45, 2.75) is 57.5 Å². The molecule has 1 N–H and O–H groups in total. The molecule has 4 rings (SSSR count). The topological polar surface area (TPSA) is 77.0 Å². The van der Waals surface area contributed by atoms with Crippen LogP contribution in [0.25, 0.3) is 11.1 Å². The summed E-state index contributed by atoms with van der Waals surface area (Å²) in [6.45, 7) is 3.66. The van der Waals surface area contributed by atoms with Crippen molar-refractivity contribution < 1.29 is 27.1 Å². The van der Waals surface area contributed by atoms with Crippen molar-refractivity contribution in [3.05, 3.63) is 65.7 Å². The second kappa shape index (κ2) is 9.97. The number of halogens is 4. The van der Waals surface area contributed by atoms with Gasteiger partial charge in [-0.2, -0.15) is 0 Å². The maximum Gasteiger partial charge on any atom is 0.259 e. The maximum atomic E-state index is 14.7. The first kappa shape index (κ1) is 24.6. The zero-order valence-corrected chi connectivity index (χ0v) is 19.2. The molecule has 0 atom stereocenters. The molecule has 0 unspecified atom stereocenters. The Balaban J connectivity index is 1.73. The van der Waals surface area contributed by atoms with E-state index in [1.54, 1.807) is 0 Å². The molecule has 184 valence electrons. The van der Waals surface area contributed by atoms with Crippen LogP contribution in [-0.4, -0.2) is 32.9 Å². The minimum Gasteiger partial charge on any atom is -0.474 e. The van der Waals surface area contributed by atoms with Gasteiger partial charge in [-0.05, 0) is 51.0 Å². The summed E-state index contributed by atoms with van der Waals surface area (Å²) in [7, 11) is 0. The number of hydrogen-bond acceptors (Lipinski definition) is 5. The van der Waals surface area contributed by atoms with Crippen LogP contribution in [0.3, 0.4) is 0 Å². The third-order valence-corrected chi connectivity index (χ3v) is 5.76. The van der Waals surface area contributed by atoms with E-state index in [4.69, 9.17) is 4.74 Å². The van der Waals surface area contributed by atoms with Crippen LogP contribution in [0.4, 0.5) is 23.4 Å². The first-order valence-corrected chi connectivity index (χ1v) is 11.2. The molecule has 1 aliphatic rings. The van der Waals surface area contributed by atoms with E-state index in [-0.39, 0.29) is 65.9 Å². The molecule has 1 amide bonds. The average molecular weight is 488 g/mol. The van der Waals surface area contributed by atoms with Gasteiger partial charge in [0, 0.05) is 36.1 Å². The highest BCUT2D eigenvalue weighted by atomic mass is 19.3. The Labute approximate surface area is 199 Å². The molecule has 2 heterocycles. The van der Waals surface area contributed by atoms with Gasteiger partial charge in [0.1, 0.15) is 11.6 Å². The summed E-state index contributed by atoms with van der Waals surface area (Å²) in [6, 6.07) is 4.32. The van der Waals surface area contributed by atoms with Crippen molar-refractivity contribution in [2.24, 2.45) is 0 Å². The number of ether oxygens (including phenoxy) is 1. The molecule has 10 heteroatoms. The van der Waals surface area contributed by atoms with Crippen molar-refractivity contribution in [1.82, 2.24) is 15.0 Å². The van der Waals surface area contributed by atoms with Crippen molar-refractivity contribution in [3.8, 4) is 17.0 Å². The van der Waals surface area contributed by atoms with Gasteiger partial charge in [0.2, 0.25) is 11.8 Å². The van der Waals surface area contributed by atoms with E-state index in [1.165, 1.54) is 24.7 Å². The summed E-state index contributed by atoms with van der Waals surface area (Å²) in [5.41, 5.74) is 0.213. The molecule has 0 aliphatic heterocycles. The summed E-state index contributed by atoms with van der Waals surface area (Å²) in [5.74, 6) is -4.96. The first-order valence-electron chi connectivity index (χ1n) is 11.2. The van der Waals surface area contributed by atoms with Crippen LogP contribution in [-0.2, 0) is 0 Å². The lowest BCUT2D eigenvalue weighted by Gasteiger charge is -2.29. The normalized spacial score (nSPS) is 15.7. The third-order valence-electron chi connectivity index (χ3n) is 5.76. The van der Waals surface area contributed by atoms with E-state index >= 15 is 0 Å². The minimum absolute atomic E-state index is 0.0171. The van der Waals surface area contributed by atoms with Gasteiger partial charge >= 0.3 is 0 Å². The number of rotatable bonds is 6. The lowest BCUT2D eigenvalue weighted by Crippen LogP contribution is -2.26. The summed E-state index contributed by atoms with van der Waals surface area (Å²) < 4.78 is 61.7. The fourth-order valence-corrected chi connectivity index (χ4v) is 4.13. The van der Waals surface area contributed by atoms with Gasteiger partial charge in [-0.1, -0.05) is 0 Å². The van der Waals surface area contributed by atoms with Crippen molar-refractivity contribution in [3.63, 3.8) is 0 Å². The zero-order valence-electron chi connectivity index (χ0n) is 19.2. The van der Waals surface area contributed by atoms with E-state index in [0.717, 1.165) is 18.2 Å². The van der Waals surface area contributed by atoms with E-state index in [0.29, 0.717) is 0 Å². The summed E-state index contributed by atoms with van der Waals surface area (Å²) >= 11 is 0. The van der Waals surface area contributed by atoms with Gasteiger partial charge in [-0.3, -0.25) is 9.78 Å². The Morgan fingerprint density at radius 3 is 2.46 bits per heavy atom. The van der Waals surface area contributed by atoms with Crippen LogP contribution in [0.1, 0.15) is 61.5 Å². The Morgan fingerprint density at radius 1 is 1.06 bits per heavy atom. The standard InChI is InChI=1S/C25H24F4N4O2/c1-14(2)35-21-13-31-20(12-32-21)33-24(34)22-17(18-11-16(26)3-4-19(18)27)7-10-30-23(22)15-5-8-25(28,29)9-6-15/h3-4,7,10-15H,5-6,8-9H2,1-2H3,(H,31,33,34). The molecule has 1 fully saturated rings. The molecule has 1 aromatic carbocycles. The zero-order chi connectivity index (χ0) is 25.2. The predicted octanol–water partition coefficient (Wildman–Crippen LogP) is 6.15. The number of carbonyl (C=O) groups excluding carboxylic acids is 1. The molecule has 0 saturated heterocycles. The van der Waals surface area contributed by atoms with Crippen LogP contribution in [0.5, 0.6) is 5.88 Å². The largest absolute Gasteiger partial charge is 0.474 e. The Hall–Kier alpha value is -3.56. The SMILES string of the molecule is CC(C)Oc1cnc(NC(=O)c2c(-c3cc(F)ccc3F)ccnc2C2CCC(F)(F)CC2)cn1. The van der Waals surface area contributed by atoms with Crippen LogP contribution >= 0.6 is 0 Å². The van der Waals surface area contributed by atoms with Crippen LogP contribution < -0.4 is 10.1 Å². The number of anilines is 1. The van der Waals surface area contributed by atoms with E-state index in [2.05, 4.69) is 20.3 Å². The molecule has 0 bridgehead atoms. The number of benzene rings is 1. The Morgan fingerprint density at radius 2 is 1.80 bits per heavy atom. The molecule has 2 aromatic heterocycles. The van der Waals surface area contributed by atoms with Gasteiger partial charge in [0.25, 0.3) is 5.91 Å². The molecule has 35 heavy (non-hydrogen) atoms. The van der Waals surface area contributed by atoms with Crippen molar-refractivity contribution in [2.75, 3.05) is 5.32 Å². The monoisotopic (exact) mass is 488 g/mol. The van der Waals surface area contributed by atoms with Gasteiger partial charge < -0.3 is 10.1 Å². The Kier molecular flexibility index (Phi) is 7.00. The van der Waals surface area contributed by atoms with E-state index < -0.39 is 29.4 Å². The molecule has 3 aromatic rings. The number of hydrogen-bond donors (Lipinski definition) is 1. The molecular weight excluding hydrogens is 464 g/mol. The van der Waals surface area contributed by atoms with Crippen molar-refractivity contribution >= 4 is 11.7 Å². The number of carbonyl (C=O) groups is 1. The molecule has 0 radical (unpaired) electrons. The predicted molar refractivity (Wildman–Crippen MR) is 121 cm³/mol. The number of nitrogens with zero attached hydrogens (tertiary/aromatic N) is 3. The highest BCUT2D eigenvalue weighted by Crippen LogP contribution is 2.42. The molecule has 1 saturated carbocycles. The highest BCUT2D eigenvalue weighted by Gasteiger charge is 2.37. The van der Waals surface area contributed by atoms with Gasteiger partial charge in [0.05, 0.1) is 29.8 Å². The third kappa shape index (κ3) is 5.75. The summed E-state index contributed by atoms with van der Waals surface area (Å²) in [6.07, 6.45) is 3.42. The summed E-state index contributed by atoms with van der Waals surface area (Å²) in [4.78, 5) is 26.0. The number of amides is 1. The highest BCUT2D eigenvalue weighted by molar-refractivity contribution is 6.09. The summed E-state index contributed by atoms with van der Waals surface area (Å²) in [5, 5.41) is 2.61. The Bertz CT molecular complexity index is 1210. The van der Waals surface area contributed by atoms with E-state index in [9.17, 15) is 22.4 Å². The molecule has 1 aliphatic carbocycles. The van der Waals surface area contributed by atoms with Gasteiger partial charge in [-0.25, -0.2) is 27.5 Å². The van der Waals surface area contributed by atoms with Crippen LogP contribution in [0.15, 0.2) is 42.9 Å². The number of nitrogens with one attached hydrogen (secondary N) is 1. The number of alkyl halides is 2. The van der Waals surface area contributed by atoms with E-state index in [1.807, 2.05) is 13.8 Å². The van der Waals surface area contributed by atoms with Crippen LogP contribution in [0, 0.1) is 11.6 Å². The van der Waals surface area contributed by atoms with Gasteiger partial charge in [0.15, 0.2) is 5.82 Å². The fourth-order valence-electron chi connectivity index (χ4n) is 4.13. The quantitative estimate of drug-likeness (QED) is 0.421. The minimum atomic E-state index is -2.78. The van der Waals surface area contributed by atoms with Crippen LogP contribution in [0.2, 0.25) is 0 Å². The average Bonchev–Trinajstić information content (AvgIpc) is 2.81. The maximum absolute atomic E-state index is 14.7. The smallest absolute Gasteiger partial charge is 0.259 e. The number of pyridine rings is 1. The first-order chi connectivity index (χ1) is 16.6. The molecule has 6 nitrogen and oxygen atoms in total.